The summed E-state index contributed by atoms with van der Waals surface area (Å²) in [5.41, 5.74) is 4.47. The Labute approximate surface area is 185 Å². The molecule has 0 saturated heterocycles. The molecule has 3 rings (SSSR count). The Balaban J connectivity index is 1.91. The molecule has 162 valence electrons. The van der Waals surface area contributed by atoms with E-state index in [1.165, 1.54) is 24.0 Å². The van der Waals surface area contributed by atoms with E-state index in [4.69, 9.17) is 26.4 Å². The van der Waals surface area contributed by atoms with Gasteiger partial charge in [-0.05, 0) is 68.2 Å². The number of anilines is 1. The van der Waals surface area contributed by atoms with Crippen molar-refractivity contribution in [1.29, 1.82) is 0 Å². The smallest absolute Gasteiger partial charge is 0.203 e. The number of ether oxygens (including phenoxy) is 3. The lowest BCUT2D eigenvalue weighted by atomic mass is 10.1. The summed E-state index contributed by atoms with van der Waals surface area (Å²) in [6.45, 7) is 4.84. The predicted molar refractivity (Wildman–Crippen MR) is 126 cm³/mol. The van der Waals surface area contributed by atoms with Crippen LogP contribution in [0, 0.1) is 13.8 Å². The van der Waals surface area contributed by atoms with Crippen molar-refractivity contribution in [1.82, 2.24) is 4.90 Å². The molecule has 0 unspecified atom stereocenters. The van der Waals surface area contributed by atoms with Crippen LogP contribution in [0.1, 0.15) is 42.4 Å². The minimum Gasteiger partial charge on any atom is -0.493 e. The van der Waals surface area contributed by atoms with Gasteiger partial charge in [-0.25, -0.2) is 0 Å². The third-order valence-corrected chi connectivity index (χ3v) is 6.12. The number of nitrogens with zero attached hydrogens (tertiary/aromatic N) is 1. The van der Waals surface area contributed by atoms with Crippen molar-refractivity contribution < 1.29 is 14.2 Å². The highest BCUT2D eigenvalue weighted by atomic mass is 32.1. The fourth-order valence-electron chi connectivity index (χ4n) is 4.11. The lowest BCUT2D eigenvalue weighted by Gasteiger charge is -2.33. The van der Waals surface area contributed by atoms with Crippen molar-refractivity contribution in [2.75, 3.05) is 26.6 Å². The fraction of sp³-hybridized carbons (Fsp3) is 0.458. The molecular weight excluding hydrogens is 396 g/mol. The molecular formula is C24H32N2O3S. The molecule has 0 amide bonds. The van der Waals surface area contributed by atoms with Gasteiger partial charge in [-0.15, -0.1) is 0 Å². The maximum absolute atomic E-state index is 5.90. The molecule has 2 aromatic rings. The van der Waals surface area contributed by atoms with Crippen molar-refractivity contribution in [2.24, 2.45) is 0 Å². The Kier molecular flexibility index (Phi) is 7.43. The van der Waals surface area contributed by atoms with Gasteiger partial charge in [0.2, 0.25) is 5.75 Å². The van der Waals surface area contributed by atoms with Gasteiger partial charge in [-0.2, -0.15) is 0 Å². The number of thiocarbonyl (C=S) groups is 1. The summed E-state index contributed by atoms with van der Waals surface area (Å²) < 4.78 is 16.7. The van der Waals surface area contributed by atoms with Gasteiger partial charge in [0, 0.05) is 23.8 Å². The van der Waals surface area contributed by atoms with E-state index in [1.54, 1.807) is 21.3 Å². The molecule has 30 heavy (non-hydrogen) atoms. The van der Waals surface area contributed by atoms with Crippen LogP contribution in [-0.2, 0) is 6.54 Å². The summed E-state index contributed by atoms with van der Waals surface area (Å²) in [6.07, 6.45) is 4.75. The van der Waals surface area contributed by atoms with E-state index in [1.807, 2.05) is 12.1 Å². The molecule has 5 nitrogen and oxygen atoms in total. The lowest BCUT2D eigenvalue weighted by Crippen LogP contribution is -2.41. The van der Waals surface area contributed by atoms with Gasteiger partial charge >= 0.3 is 0 Å². The first kappa shape index (κ1) is 22.2. The van der Waals surface area contributed by atoms with Crippen LogP contribution in [0.25, 0.3) is 0 Å². The molecule has 0 atom stereocenters. The average molecular weight is 429 g/mol. The molecule has 1 N–H and O–H groups in total. The van der Waals surface area contributed by atoms with Gasteiger partial charge in [0.15, 0.2) is 16.6 Å². The number of nitrogens with one attached hydrogen (secondary N) is 1. The highest BCUT2D eigenvalue weighted by Gasteiger charge is 2.27. The molecule has 2 aromatic carbocycles. The van der Waals surface area contributed by atoms with E-state index in [-0.39, 0.29) is 0 Å². The summed E-state index contributed by atoms with van der Waals surface area (Å²) in [5.74, 6) is 1.95. The van der Waals surface area contributed by atoms with Crippen molar-refractivity contribution in [3.63, 3.8) is 0 Å². The van der Waals surface area contributed by atoms with E-state index in [2.05, 4.69) is 42.3 Å². The number of methoxy groups -OCH3 is 3. The first-order valence-corrected chi connectivity index (χ1v) is 10.8. The van der Waals surface area contributed by atoms with Crippen molar-refractivity contribution >= 4 is 23.0 Å². The maximum Gasteiger partial charge on any atom is 0.203 e. The van der Waals surface area contributed by atoms with E-state index < -0.39 is 0 Å². The second-order valence-corrected chi connectivity index (χ2v) is 8.19. The van der Waals surface area contributed by atoms with Crippen molar-refractivity contribution in [2.45, 2.75) is 52.1 Å². The molecule has 0 aromatic heterocycles. The molecule has 0 bridgehead atoms. The number of benzene rings is 2. The Morgan fingerprint density at radius 2 is 1.70 bits per heavy atom. The third-order valence-electron chi connectivity index (χ3n) is 5.79. The molecule has 0 radical (unpaired) electrons. The van der Waals surface area contributed by atoms with E-state index in [0.29, 0.717) is 29.8 Å². The van der Waals surface area contributed by atoms with Crippen molar-refractivity contribution in [3.8, 4) is 17.2 Å². The number of rotatable bonds is 7. The zero-order valence-corrected chi connectivity index (χ0v) is 19.4. The quantitative estimate of drug-likeness (QED) is 0.590. The second-order valence-electron chi connectivity index (χ2n) is 7.81. The van der Waals surface area contributed by atoms with E-state index in [9.17, 15) is 0 Å². The fourth-order valence-corrected chi connectivity index (χ4v) is 4.43. The minimum atomic E-state index is 0.410. The Bertz CT molecular complexity index is 894. The summed E-state index contributed by atoms with van der Waals surface area (Å²) in [7, 11) is 4.92. The minimum absolute atomic E-state index is 0.410. The van der Waals surface area contributed by atoms with Crippen LogP contribution in [0.3, 0.4) is 0 Å². The molecule has 6 heteroatoms. The van der Waals surface area contributed by atoms with Crippen LogP contribution in [0.15, 0.2) is 30.3 Å². The maximum atomic E-state index is 5.90. The molecule has 0 heterocycles. The van der Waals surface area contributed by atoms with E-state index in [0.717, 1.165) is 29.2 Å². The van der Waals surface area contributed by atoms with Gasteiger partial charge in [-0.3, -0.25) is 0 Å². The lowest BCUT2D eigenvalue weighted by molar-refractivity contribution is 0.295. The zero-order valence-electron chi connectivity index (χ0n) is 18.6. The van der Waals surface area contributed by atoms with Crippen LogP contribution in [0.2, 0.25) is 0 Å². The molecule has 1 fully saturated rings. The van der Waals surface area contributed by atoms with E-state index >= 15 is 0 Å². The molecule has 0 spiro atoms. The summed E-state index contributed by atoms with van der Waals surface area (Å²) in [4.78, 5) is 2.30. The second kappa shape index (κ2) is 10.0. The van der Waals surface area contributed by atoms with Crippen LogP contribution in [0.4, 0.5) is 5.69 Å². The van der Waals surface area contributed by atoms with Crippen LogP contribution in [-0.4, -0.2) is 37.4 Å². The van der Waals surface area contributed by atoms with Gasteiger partial charge in [-0.1, -0.05) is 25.0 Å². The standard InChI is InChI=1S/C24H32N2O3S/c1-16-10-11-17(2)20(14-16)25-24(30)26(19-8-6-7-9-19)15-18-12-13-21(27-3)23(29-5)22(18)28-4/h10-14,19H,6-9,15H2,1-5H3,(H,25,30). The monoisotopic (exact) mass is 428 g/mol. The predicted octanol–water partition coefficient (Wildman–Crippen LogP) is 5.47. The Morgan fingerprint density at radius 3 is 2.33 bits per heavy atom. The topological polar surface area (TPSA) is 43.0 Å². The van der Waals surface area contributed by atoms with Gasteiger partial charge < -0.3 is 24.4 Å². The molecule has 1 saturated carbocycles. The number of aryl methyl sites for hydroxylation is 2. The van der Waals surface area contributed by atoms with Crippen LogP contribution >= 0.6 is 12.2 Å². The number of hydrogen-bond donors (Lipinski definition) is 1. The Hall–Kier alpha value is -2.47. The highest BCUT2D eigenvalue weighted by molar-refractivity contribution is 7.80. The Morgan fingerprint density at radius 1 is 1.00 bits per heavy atom. The zero-order chi connectivity index (χ0) is 21.7. The first-order valence-electron chi connectivity index (χ1n) is 10.4. The number of hydrogen-bond acceptors (Lipinski definition) is 4. The molecule has 1 aliphatic carbocycles. The highest BCUT2D eigenvalue weighted by Crippen LogP contribution is 2.41. The largest absolute Gasteiger partial charge is 0.493 e. The normalized spacial score (nSPS) is 13.8. The molecule has 0 aliphatic heterocycles. The summed E-state index contributed by atoms with van der Waals surface area (Å²) in [5, 5.41) is 4.24. The average Bonchev–Trinajstić information content (AvgIpc) is 3.28. The third kappa shape index (κ3) is 4.81. The molecule has 1 aliphatic rings. The first-order chi connectivity index (χ1) is 14.5. The van der Waals surface area contributed by atoms with Crippen LogP contribution in [0.5, 0.6) is 17.2 Å². The SMILES string of the molecule is COc1ccc(CN(C(=S)Nc2cc(C)ccc2C)C2CCCC2)c(OC)c1OC. The van der Waals surface area contributed by atoms with Crippen LogP contribution < -0.4 is 19.5 Å². The summed E-state index contributed by atoms with van der Waals surface area (Å²) in [6, 6.07) is 10.7. The summed E-state index contributed by atoms with van der Waals surface area (Å²) >= 11 is 5.90. The van der Waals surface area contributed by atoms with Gasteiger partial charge in [0.05, 0.1) is 21.3 Å². The van der Waals surface area contributed by atoms with Gasteiger partial charge in [0.1, 0.15) is 0 Å². The van der Waals surface area contributed by atoms with Crippen molar-refractivity contribution in [3.05, 3.63) is 47.0 Å². The van der Waals surface area contributed by atoms with Gasteiger partial charge in [0.25, 0.3) is 0 Å².